The third-order valence-corrected chi connectivity index (χ3v) is 2.78. The van der Waals surface area contributed by atoms with E-state index in [-0.39, 0.29) is 5.41 Å². The quantitative estimate of drug-likeness (QED) is 0.754. The first-order chi connectivity index (χ1) is 7.97. The van der Waals surface area contributed by atoms with Crippen molar-refractivity contribution in [1.82, 2.24) is 15.0 Å². The van der Waals surface area contributed by atoms with E-state index in [0.717, 1.165) is 17.0 Å². The van der Waals surface area contributed by atoms with Crippen molar-refractivity contribution < 1.29 is 0 Å². The molecule has 2 rings (SSSR count). The van der Waals surface area contributed by atoms with Gasteiger partial charge in [-0.25, -0.2) is 9.97 Å². The highest BCUT2D eigenvalue weighted by Gasteiger charge is 2.17. The topological polar surface area (TPSA) is 38.7 Å². The molecule has 0 aromatic carbocycles. The minimum absolute atomic E-state index is 0.00240. The molecule has 0 saturated carbocycles. The summed E-state index contributed by atoms with van der Waals surface area (Å²) in [7, 11) is 0. The SMILES string of the molecule is CC(C)(C)c1cc(-c2cccnc2)nc(Br)n1. The van der Waals surface area contributed by atoms with Crippen LogP contribution in [0.2, 0.25) is 0 Å². The Morgan fingerprint density at radius 1 is 1.18 bits per heavy atom. The molecule has 4 heteroatoms. The average Bonchev–Trinajstić information content (AvgIpc) is 2.28. The van der Waals surface area contributed by atoms with Crippen molar-refractivity contribution in [3.05, 3.63) is 41.0 Å². The van der Waals surface area contributed by atoms with Crippen molar-refractivity contribution in [2.45, 2.75) is 26.2 Å². The standard InChI is InChI=1S/C13H14BrN3/c1-13(2,3)11-7-10(16-12(14)17-11)9-5-4-6-15-8-9/h4-8H,1-3H3. The number of aromatic nitrogens is 3. The van der Waals surface area contributed by atoms with Crippen molar-refractivity contribution in [3.63, 3.8) is 0 Å². The molecule has 17 heavy (non-hydrogen) atoms. The fraction of sp³-hybridized carbons (Fsp3) is 0.308. The maximum absolute atomic E-state index is 4.42. The second kappa shape index (κ2) is 4.53. The van der Waals surface area contributed by atoms with Crippen LogP contribution in [0.5, 0.6) is 0 Å². The van der Waals surface area contributed by atoms with Crippen LogP contribution in [-0.4, -0.2) is 15.0 Å². The molecule has 0 aliphatic rings. The van der Waals surface area contributed by atoms with Crippen LogP contribution >= 0.6 is 15.9 Å². The van der Waals surface area contributed by atoms with Gasteiger partial charge in [-0.1, -0.05) is 20.8 Å². The van der Waals surface area contributed by atoms with Gasteiger partial charge in [-0.05, 0) is 34.1 Å². The normalized spacial score (nSPS) is 11.5. The van der Waals surface area contributed by atoms with E-state index in [9.17, 15) is 0 Å². The van der Waals surface area contributed by atoms with Gasteiger partial charge < -0.3 is 0 Å². The van der Waals surface area contributed by atoms with Crippen molar-refractivity contribution in [2.24, 2.45) is 0 Å². The van der Waals surface area contributed by atoms with Crippen LogP contribution in [-0.2, 0) is 5.41 Å². The summed E-state index contributed by atoms with van der Waals surface area (Å²) in [4.78, 5) is 12.9. The summed E-state index contributed by atoms with van der Waals surface area (Å²) in [5, 5.41) is 0. The van der Waals surface area contributed by atoms with E-state index in [1.165, 1.54) is 0 Å². The first-order valence-corrected chi connectivity index (χ1v) is 6.21. The van der Waals surface area contributed by atoms with Gasteiger partial charge in [-0.15, -0.1) is 0 Å². The van der Waals surface area contributed by atoms with Gasteiger partial charge in [0.2, 0.25) is 0 Å². The molecule has 0 fully saturated rings. The van der Waals surface area contributed by atoms with Gasteiger partial charge >= 0.3 is 0 Å². The van der Waals surface area contributed by atoms with Gasteiger partial charge in [0, 0.05) is 23.4 Å². The molecule has 0 amide bonds. The second-order valence-electron chi connectivity index (χ2n) is 4.90. The zero-order valence-corrected chi connectivity index (χ0v) is 11.7. The predicted octanol–water partition coefficient (Wildman–Crippen LogP) is 3.60. The van der Waals surface area contributed by atoms with Gasteiger partial charge in [0.05, 0.1) is 11.4 Å². The summed E-state index contributed by atoms with van der Waals surface area (Å²) in [5.74, 6) is 0. The van der Waals surface area contributed by atoms with Crippen LogP contribution in [0.15, 0.2) is 35.3 Å². The molecule has 0 spiro atoms. The number of nitrogens with zero attached hydrogens (tertiary/aromatic N) is 3. The van der Waals surface area contributed by atoms with E-state index in [1.807, 2.05) is 18.2 Å². The summed E-state index contributed by atoms with van der Waals surface area (Å²) in [6.45, 7) is 6.40. The second-order valence-corrected chi connectivity index (χ2v) is 5.61. The van der Waals surface area contributed by atoms with Gasteiger partial charge in [-0.2, -0.15) is 0 Å². The average molecular weight is 292 g/mol. The van der Waals surface area contributed by atoms with Crippen LogP contribution in [0, 0.1) is 0 Å². The van der Waals surface area contributed by atoms with E-state index in [0.29, 0.717) is 4.73 Å². The van der Waals surface area contributed by atoms with Crippen LogP contribution in [0.3, 0.4) is 0 Å². The van der Waals surface area contributed by atoms with Crippen LogP contribution in [0.25, 0.3) is 11.3 Å². The highest BCUT2D eigenvalue weighted by molar-refractivity contribution is 9.10. The highest BCUT2D eigenvalue weighted by Crippen LogP contribution is 2.25. The third kappa shape index (κ3) is 2.88. The Labute approximate surface area is 109 Å². The Morgan fingerprint density at radius 3 is 2.53 bits per heavy atom. The lowest BCUT2D eigenvalue weighted by Crippen LogP contribution is -2.14. The molecule has 2 aromatic heterocycles. The Morgan fingerprint density at radius 2 is 1.94 bits per heavy atom. The van der Waals surface area contributed by atoms with Gasteiger partial charge in [0.15, 0.2) is 4.73 Å². The molecule has 2 heterocycles. The summed E-state index contributed by atoms with van der Waals surface area (Å²) < 4.78 is 0.615. The summed E-state index contributed by atoms with van der Waals surface area (Å²) >= 11 is 3.36. The highest BCUT2D eigenvalue weighted by atomic mass is 79.9. The van der Waals surface area contributed by atoms with E-state index in [1.54, 1.807) is 12.4 Å². The van der Waals surface area contributed by atoms with Gasteiger partial charge in [0.25, 0.3) is 0 Å². The molecular formula is C13H14BrN3. The monoisotopic (exact) mass is 291 g/mol. The smallest absolute Gasteiger partial charge is 0.197 e. The zero-order chi connectivity index (χ0) is 12.5. The maximum atomic E-state index is 4.42. The Bertz CT molecular complexity index is 518. The fourth-order valence-electron chi connectivity index (χ4n) is 1.46. The van der Waals surface area contributed by atoms with Crippen LogP contribution < -0.4 is 0 Å². The largest absolute Gasteiger partial charge is 0.264 e. The first-order valence-electron chi connectivity index (χ1n) is 5.42. The third-order valence-electron chi connectivity index (χ3n) is 2.42. The number of hydrogen-bond acceptors (Lipinski definition) is 3. The van der Waals surface area contributed by atoms with Gasteiger partial charge in [-0.3, -0.25) is 4.98 Å². The molecule has 0 aliphatic heterocycles. The van der Waals surface area contributed by atoms with Crippen LogP contribution in [0.1, 0.15) is 26.5 Å². The summed E-state index contributed by atoms with van der Waals surface area (Å²) in [5.41, 5.74) is 2.91. The molecule has 2 aromatic rings. The van der Waals surface area contributed by atoms with Crippen molar-refractivity contribution >= 4 is 15.9 Å². The van der Waals surface area contributed by atoms with Crippen LogP contribution in [0.4, 0.5) is 0 Å². The summed E-state index contributed by atoms with van der Waals surface area (Å²) in [6, 6.07) is 5.91. The van der Waals surface area contributed by atoms with E-state index in [2.05, 4.69) is 51.7 Å². The van der Waals surface area contributed by atoms with E-state index >= 15 is 0 Å². The molecule has 3 nitrogen and oxygen atoms in total. The fourth-order valence-corrected chi connectivity index (χ4v) is 1.85. The number of hydrogen-bond donors (Lipinski definition) is 0. The lowest BCUT2D eigenvalue weighted by Gasteiger charge is -2.18. The minimum Gasteiger partial charge on any atom is -0.264 e. The molecule has 0 saturated heterocycles. The zero-order valence-electron chi connectivity index (χ0n) is 10.1. The Kier molecular flexibility index (Phi) is 3.24. The van der Waals surface area contributed by atoms with Crippen molar-refractivity contribution in [2.75, 3.05) is 0 Å². The predicted molar refractivity (Wildman–Crippen MR) is 71.7 cm³/mol. The Hall–Kier alpha value is -1.29. The first kappa shape index (κ1) is 12.2. The number of pyridine rings is 1. The molecule has 0 N–H and O–H groups in total. The number of rotatable bonds is 1. The summed E-state index contributed by atoms with van der Waals surface area (Å²) in [6.07, 6.45) is 3.56. The maximum Gasteiger partial charge on any atom is 0.197 e. The van der Waals surface area contributed by atoms with E-state index in [4.69, 9.17) is 0 Å². The molecule has 0 bridgehead atoms. The molecule has 0 radical (unpaired) electrons. The molecular weight excluding hydrogens is 278 g/mol. The van der Waals surface area contributed by atoms with E-state index < -0.39 is 0 Å². The molecule has 88 valence electrons. The lowest BCUT2D eigenvalue weighted by molar-refractivity contribution is 0.565. The number of halogens is 1. The lowest BCUT2D eigenvalue weighted by atomic mass is 9.91. The molecule has 0 unspecified atom stereocenters. The van der Waals surface area contributed by atoms with Crippen molar-refractivity contribution in [3.8, 4) is 11.3 Å². The van der Waals surface area contributed by atoms with Gasteiger partial charge in [0.1, 0.15) is 0 Å². The Balaban J connectivity index is 2.54. The minimum atomic E-state index is 0.00240. The molecule has 0 atom stereocenters. The molecule has 0 aliphatic carbocycles. The van der Waals surface area contributed by atoms with Crippen molar-refractivity contribution in [1.29, 1.82) is 0 Å².